The van der Waals surface area contributed by atoms with Crippen LogP contribution in [-0.4, -0.2) is 5.12 Å². The van der Waals surface area contributed by atoms with Gasteiger partial charge in [0, 0.05) is 5.41 Å². The van der Waals surface area contributed by atoms with Gasteiger partial charge in [-0.15, -0.1) is 12.6 Å². The molecule has 0 bridgehead atoms. The lowest BCUT2D eigenvalue weighted by Gasteiger charge is -2.43. The van der Waals surface area contributed by atoms with E-state index in [0.29, 0.717) is 0 Å². The lowest BCUT2D eigenvalue weighted by Crippen LogP contribution is -2.41. The Kier molecular flexibility index (Phi) is 3.89. The first-order valence-electron chi connectivity index (χ1n) is 5.13. The van der Waals surface area contributed by atoms with Crippen molar-refractivity contribution in [3.05, 3.63) is 0 Å². The smallest absolute Gasteiger partial charge is 0.192 e. The van der Waals surface area contributed by atoms with Crippen molar-refractivity contribution in [1.82, 2.24) is 0 Å². The third-order valence-electron chi connectivity index (χ3n) is 3.01. The number of hydrogen-bond acceptors (Lipinski definition) is 1. The van der Waals surface area contributed by atoms with Gasteiger partial charge in [-0.3, -0.25) is 4.79 Å². The van der Waals surface area contributed by atoms with E-state index < -0.39 is 0 Å². The lowest BCUT2D eigenvalue weighted by atomic mass is 9.62. The Morgan fingerprint density at radius 3 is 1.43 bits per heavy atom. The molecule has 0 amide bonds. The van der Waals surface area contributed by atoms with Gasteiger partial charge < -0.3 is 0 Å². The van der Waals surface area contributed by atoms with Crippen LogP contribution in [0.4, 0.5) is 0 Å². The van der Waals surface area contributed by atoms with Crippen LogP contribution in [0.25, 0.3) is 0 Å². The van der Waals surface area contributed by atoms with E-state index in [1.807, 2.05) is 6.92 Å². The second kappa shape index (κ2) is 3.88. The minimum Gasteiger partial charge on any atom is -0.287 e. The first-order valence-corrected chi connectivity index (χ1v) is 5.58. The molecule has 2 heteroatoms. The highest BCUT2D eigenvalue weighted by molar-refractivity contribution is 7.96. The van der Waals surface area contributed by atoms with Crippen molar-refractivity contribution in [2.45, 2.75) is 54.9 Å². The van der Waals surface area contributed by atoms with Gasteiger partial charge in [0.1, 0.15) is 0 Å². The summed E-state index contributed by atoms with van der Waals surface area (Å²) in [4.78, 5) is 11.7. The predicted octanol–water partition coefficient (Wildman–Crippen LogP) is 3.93. The number of rotatable bonds is 2. The maximum atomic E-state index is 11.7. The fourth-order valence-electron chi connectivity index (χ4n) is 1.72. The largest absolute Gasteiger partial charge is 0.287 e. The van der Waals surface area contributed by atoms with Crippen LogP contribution in [0.1, 0.15) is 54.9 Å². The molecule has 0 aromatic rings. The van der Waals surface area contributed by atoms with E-state index in [2.05, 4.69) is 54.2 Å². The van der Waals surface area contributed by atoms with Gasteiger partial charge >= 0.3 is 0 Å². The third-order valence-corrected chi connectivity index (χ3v) is 3.50. The number of carbonyl (C=O) groups is 1. The molecule has 0 N–H and O–H groups in total. The molecule has 0 aliphatic heterocycles. The van der Waals surface area contributed by atoms with Gasteiger partial charge in [-0.05, 0) is 17.3 Å². The summed E-state index contributed by atoms with van der Waals surface area (Å²) in [6.45, 7) is 14.8. The van der Waals surface area contributed by atoms with Crippen LogP contribution in [0.2, 0.25) is 0 Å². The van der Waals surface area contributed by atoms with Crippen LogP contribution in [0.15, 0.2) is 0 Å². The SMILES string of the molecule is CC(C)(C)CC(C)(C(=O)S)C(C)(C)C. The van der Waals surface area contributed by atoms with Gasteiger partial charge in [-0.2, -0.15) is 0 Å². The van der Waals surface area contributed by atoms with Crippen LogP contribution >= 0.6 is 12.6 Å². The molecule has 0 rings (SSSR count). The molecule has 0 saturated heterocycles. The fraction of sp³-hybridized carbons (Fsp3) is 0.917. The van der Waals surface area contributed by atoms with E-state index in [9.17, 15) is 4.79 Å². The molecule has 14 heavy (non-hydrogen) atoms. The fourth-order valence-corrected chi connectivity index (χ4v) is 2.14. The standard InChI is InChI=1S/C12H24OS/c1-10(2,3)8-12(7,9(13)14)11(4,5)6/h8H2,1-7H3,(H,13,14). The zero-order chi connectivity index (χ0) is 11.8. The van der Waals surface area contributed by atoms with E-state index in [1.54, 1.807) is 0 Å². The summed E-state index contributed by atoms with van der Waals surface area (Å²) in [7, 11) is 0. The molecule has 1 atom stereocenters. The average molecular weight is 216 g/mol. The van der Waals surface area contributed by atoms with Gasteiger partial charge in [0.25, 0.3) is 0 Å². The van der Waals surface area contributed by atoms with E-state index >= 15 is 0 Å². The molecule has 0 heterocycles. The van der Waals surface area contributed by atoms with Gasteiger partial charge in [0.15, 0.2) is 5.12 Å². The van der Waals surface area contributed by atoms with E-state index in [4.69, 9.17) is 0 Å². The molecular weight excluding hydrogens is 192 g/mol. The van der Waals surface area contributed by atoms with Gasteiger partial charge in [0.2, 0.25) is 0 Å². The summed E-state index contributed by atoms with van der Waals surface area (Å²) in [6.07, 6.45) is 0.867. The summed E-state index contributed by atoms with van der Waals surface area (Å²) in [5, 5.41) is -0.0000694. The first-order chi connectivity index (χ1) is 5.90. The monoisotopic (exact) mass is 216 g/mol. The Morgan fingerprint density at radius 2 is 1.36 bits per heavy atom. The van der Waals surface area contributed by atoms with Crippen molar-refractivity contribution in [3.8, 4) is 0 Å². The first kappa shape index (κ1) is 14.0. The van der Waals surface area contributed by atoms with Crippen molar-refractivity contribution in [2.75, 3.05) is 0 Å². The molecule has 0 radical (unpaired) electrons. The Labute approximate surface area is 94.1 Å². The van der Waals surface area contributed by atoms with E-state index in [0.717, 1.165) is 6.42 Å². The van der Waals surface area contributed by atoms with Crippen LogP contribution < -0.4 is 0 Å². The normalized spacial score (nSPS) is 17.7. The van der Waals surface area contributed by atoms with Crippen LogP contribution in [0.5, 0.6) is 0 Å². The lowest BCUT2D eigenvalue weighted by molar-refractivity contribution is -0.126. The topological polar surface area (TPSA) is 17.1 Å². The Balaban J connectivity index is 5.04. The highest BCUT2D eigenvalue weighted by atomic mass is 32.1. The molecule has 0 aliphatic carbocycles. The Hall–Kier alpha value is 0.0200. The van der Waals surface area contributed by atoms with Gasteiger partial charge in [0.05, 0.1) is 0 Å². The van der Waals surface area contributed by atoms with Crippen LogP contribution in [-0.2, 0) is 4.79 Å². The summed E-state index contributed by atoms with van der Waals surface area (Å²) in [6, 6.07) is 0. The zero-order valence-corrected chi connectivity index (χ0v) is 11.5. The zero-order valence-electron chi connectivity index (χ0n) is 10.6. The molecule has 1 nitrogen and oxygen atoms in total. The quantitative estimate of drug-likeness (QED) is 0.692. The molecule has 1 unspecified atom stereocenters. The highest BCUT2D eigenvalue weighted by Gasteiger charge is 2.44. The molecule has 0 spiro atoms. The van der Waals surface area contributed by atoms with Crippen molar-refractivity contribution in [1.29, 1.82) is 0 Å². The van der Waals surface area contributed by atoms with Gasteiger partial charge in [-0.1, -0.05) is 48.5 Å². The van der Waals surface area contributed by atoms with Crippen molar-refractivity contribution >= 4 is 17.7 Å². The summed E-state index contributed by atoms with van der Waals surface area (Å²) >= 11 is 4.05. The summed E-state index contributed by atoms with van der Waals surface area (Å²) < 4.78 is 0. The van der Waals surface area contributed by atoms with Crippen molar-refractivity contribution in [2.24, 2.45) is 16.2 Å². The summed E-state index contributed by atoms with van der Waals surface area (Å²) in [5.74, 6) is 0. The molecule has 0 saturated carbocycles. The molecule has 84 valence electrons. The molecule has 0 aliphatic rings. The average Bonchev–Trinajstić information content (AvgIpc) is 1.79. The highest BCUT2D eigenvalue weighted by Crippen LogP contribution is 2.47. The second-order valence-electron chi connectivity index (χ2n) is 6.62. The van der Waals surface area contributed by atoms with Crippen molar-refractivity contribution < 1.29 is 4.79 Å². The van der Waals surface area contributed by atoms with Crippen LogP contribution in [0.3, 0.4) is 0 Å². The maximum Gasteiger partial charge on any atom is 0.192 e. The molecule has 0 fully saturated rings. The molecule has 0 aromatic carbocycles. The van der Waals surface area contributed by atoms with E-state index in [1.165, 1.54) is 0 Å². The third kappa shape index (κ3) is 3.30. The summed E-state index contributed by atoms with van der Waals surface area (Å²) in [5.41, 5.74) is -0.242. The van der Waals surface area contributed by atoms with Crippen LogP contribution in [0, 0.1) is 16.2 Å². The van der Waals surface area contributed by atoms with Crippen molar-refractivity contribution in [3.63, 3.8) is 0 Å². The minimum atomic E-state index is -0.353. The maximum absolute atomic E-state index is 11.7. The number of thiol groups is 1. The van der Waals surface area contributed by atoms with Gasteiger partial charge in [-0.25, -0.2) is 0 Å². The Morgan fingerprint density at radius 1 is 1.00 bits per heavy atom. The number of hydrogen-bond donors (Lipinski definition) is 1. The Bertz CT molecular complexity index is 219. The second-order valence-corrected chi connectivity index (χ2v) is 7.03. The predicted molar refractivity (Wildman–Crippen MR) is 65.6 cm³/mol. The van der Waals surface area contributed by atoms with E-state index in [-0.39, 0.29) is 21.4 Å². The molecular formula is C12H24OS. The minimum absolute atomic E-state index is 0.0000694. The number of carbonyl (C=O) groups excluding carboxylic acids is 1. The molecule has 0 aromatic heterocycles.